The zero-order chi connectivity index (χ0) is 18.8. The topological polar surface area (TPSA) is 66.6 Å². The quantitative estimate of drug-likeness (QED) is 0.648. The van der Waals surface area contributed by atoms with Crippen molar-refractivity contribution < 1.29 is 9.59 Å². The summed E-state index contributed by atoms with van der Waals surface area (Å²) < 4.78 is 0.375. The summed E-state index contributed by atoms with van der Waals surface area (Å²) >= 11 is 6.57. The Balaban J connectivity index is 1.93. The molecule has 0 unspecified atom stereocenters. The van der Waals surface area contributed by atoms with Crippen molar-refractivity contribution in [2.45, 2.75) is 0 Å². The van der Waals surface area contributed by atoms with Crippen LogP contribution < -0.4 is 15.5 Å². The first-order valence-corrected chi connectivity index (χ1v) is 9.05. The number of primary amides is 1. The number of nitrogens with two attached hydrogens (primary N) is 1. The van der Waals surface area contributed by atoms with Crippen molar-refractivity contribution in [2.75, 3.05) is 23.9 Å². The second-order valence-corrected chi connectivity index (χ2v) is 7.56. The number of hydrogen-bond acceptors (Lipinski definition) is 5. The van der Waals surface area contributed by atoms with E-state index in [0.29, 0.717) is 14.9 Å². The number of thioether (sulfide) groups is 1. The van der Waals surface area contributed by atoms with Crippen molar-refractivity contribution >= 4 is 57.6 Å². The average molecular weight is 383 g/mol. The van der Waals surface area contributed by atoms with Crippen LogP contribution in [0.5, 0.6) is 0 Å². The minimum absolute atomic E-state index is 0.259. The first-order chi connectivity index (χ1) is 12.4. The Morgan fingerprint density at radius 2 is 1.81 bits per heavy atom. The van der Waals surface area contributed by atoms with Crippen LogP contribution in [0.2, 0.25) is 0 Å². The van der Waals surface area contributed by atoms with Crippen molar-refractivity contribution in [3.05, 3.63) is 64.6 Å². The first kappa shape index (κ1) is 18.2. The fraction of sp³-hybridized carbons (Fsp3) is 0.105. The van der Waals surface area contributed by atoms with Gasteiger partial charge in [0.05, 0.1) is 16.2 Å². The maximum absolute atomic E-state index is 12.9. The van der Waals surface area contributed by atoms with Crippen LogP contribution >= 0.6 is 24.0 Å². The van der Waals surface area contributed by atoms with Gasteiger partial charge in [-0.3, -0.25) is 14.5 Å². The SMILES string of the molecule is CN(C)c1ccc(/C=C2\SC(=S)N(c3ccccc3C(N)=O)C2=O)cc1. The van der Waals surface area contributed by atoms with Gasteiger partial charge in [0.1, 0.15) is 0 Å². The molecule has 26 heavy (non-hydrogen) atoms. The summed E-state index contributed by atoms with van der Waals surface area (Å²) in [5.74, 6) is -0.858. The van der Waals surface area contributed by atoms with Crippen molar-refractivity contribution in [1.82, 2.24) is 0 Å². The standard InChI is InChI=1S/C19H17N3O2S2/c1-21(2)13-9-7-12(8-10-13)11-16-18(24)22(19(25)26-16)15-6-4-3-5-14(15)17(20)23/h3-11H,1-2H3,(H2,20,23)/b16-11-. The molecule has 7 heteroatoms. The summed E-state index contributed by atoms with van der Waals surface area (Å²) in [5, 5.41) is 0. The van der Waals surface area contributed by atoms with Crippen molar-refractivity contribution in [1.29, 1.82) is 0 Å². The van der Waals surface area contributed by atoms with Gasteiger partial charge in [-0.1, -0.05) is 48.2 Å². The van der Waals surface area contributed by atoms with Crippen LogP contribution in [0, 0.1) is 0 Å². The molecule has 2 aromatic rings. The molecule has 1 aliphatic rings. The maximum Gasteiger partial charge on any atom is 0.270 e. The second-order valence-electron chi connectivity index (χ2n) is 5.88. The van der Waals surface area contributed by atoms with E-state index in [1.165, 1.54) is 16.7 Å². The fourth-order valence-electron chi connectivity index (χ4n) is 2.57. The van der Waals surface area contributed by atoms with Gasteiger partial charge in [-0.25, -0.2) is 0 Å². The molecule has 0 aliphatic carbocycles. The number of para-hydroxylation sites is 1. The van der Waals surface area contributed by atoms with E-state index in [2.05, 4.69) is 0 Å². The van der Waals surface area contributed by atoms with Gasteiger partial charge < -0.3 is 10.6 Å². The van der Waals surface area contributed by atoms with E-state index < -0.39 is 5.91 Å². The van der Waals surface area contributed by atoms with E-state index in [-0.39, 0.29) is 11.5 Å². The molecule has 1 aliphatic heterocycles. The van der Waals surface area contributed by atoms with Crippen LogP contribution in [-0.4, -0.2) is 30.2 Å². The normalized spacial score (nSPS) is 15.6. The van der Waals surface area contributed by atoms with E-state index >= 15 is 0 Å². The highest BCUT2D eigenvalue weighted by Gasteiger charge is 2.35. The summed E-state index contributed by atoms with van der Waals surface area (Å²) in [6, 6.07) is 14.5. The van der Waals surface area contributed by atoms with Crippen LogP contribution in [0.15, 0.2) is 53.4 Å². The highest BCUT2D eigenvalue weighted by Crippen LogP contribution is 2.37. The minimum Gasteiger partial charge on any atom is -0.378 e. The van der Waals surface area contributed by atoms with Crippen LogP contribution in [0.25, 0.3) is 6.08 Å². The molecular weight excluding hydrogens is 366 g/mol. The summed E-state index contributed by atoms with van der Waals surface area (Å²) in [7, 11) is 3.94. The van der Waals surface area contributed by atoms with Gasteiger partial charge in [-0.15, -0.1) is 0 Å². The molecule has 1 fully saturated rings. The molecular formula is C19H17N3O2S2. The van der Waals surface area contributed by atoms with E-state index in [1.54, 1.807) is 30.3 Å². The van der Waals surface area contributed by atoms with Crippen LogP contribution in [0.1, 0.15) is 15.9 Å². The van der Waals surface area contributed by atoms with Crippen LogP contribution in [0.3, 0.4) is 0 Å². The van der Waals surface area contributed by atoms with E-state index in [0.717, 1.165) is 11.3 Å². The average Bonchev–Trinajstić information content (AvgIpc) is 2.89. The number of rotatable bonds is 4. The number of anilines is 2. The molecule has 132 valence electrons. The Hall–Kier alpha value is -2.64. The molecule has 0 radical (unpaired) electrons. The number of carbonyl (C=O) groups is 2. The largest absolute Gasteiger partial charge is 0.378 e. The van der Waals surface area contributed by atoms with Crippen LogP contribution in [-0.2, 0) is 4.79 Å². The summed E-state index contributed by atoms with van der Waals surface area (Å²) in [6.45, 7) is 0. The highest BCUT2D eigenvalue weighted by molar-refractivity contribution is 8.27. The lowest BCUT2D eigenvalue weighted by atomic mass is 10.1. The van der Waals surface area contributed by atoms with Gasteiger partial charge in [0.25, 0.3) is 11.8 Å². The number of benzene rings is 2. The molecule has 0 bridgehead atoms. The van der Waals surface area contributed by atoms with Gasteiger partial charge >= 0.3 is 0 Å². The molecule has 5 nitrogen and oxygen atoms in total. The zero-order valence-electron chi connectivity index (χ0n) is 14.3. The molecule has 0 spiro atoms. The zero-order valence-corrected chi connectivity index (χ0v) is 15.9. The Labute approximate surface area is 161 Å². The number of nitrogens with zero attached hydrogens (tertiary/aromatic N) is 2. The predicted octanol–water partition coefficient (Wildman–Crippen LogP) is 3.26. The van der Waals surface area contributed by atoms with Gasteiger partial charge in [-0.05, 0) is 35.9 Å². The van der Waals surface area contributed by atoms with E-state index in [9.17, 15) is 9.59 Å². The number of hydrogen-bond donors (Lipinski definition) is 1. The van der Waals surface area contributed by atoms with Crippen LogP contribution in [0.4, 0.5) is 11.4 Å². The Morgan fingerprint density at radius 1 is 1.15 bits per heavy atom. The third kappa shape index (κ3) is 3.49. The first-order valence-electron chi connectivity index (χ1n) is 7.82. The number of thiocarbonyl (C=S) groups is 1. The van der Waals surface area contributed by atoms with Gasteiger partial charge in [-0.2, -0.15) is 0 Å². The van der Waals surface area contributed by atoms with E-state index in [4.69, 9.17) is 18.0 Å². The molecule has 0 atom stereocenters. The van der Waals surface area contributed by atoms with Gasteiger partial charge in [0.2, 0.25) is 0 Å². The molecule has 0 aromatic heterocycles. The molecule has 2 aromatic carbocycles. The molecule has 1 saturated heterocycles. The minimum atomic E-state index is -0.599. The third-order valence-electron chi connectivity index (χ3n) is 3.91. The maximum atomic E-state index is 12.9. The molecule has 2 N–H and O–H groups in total. The van der Waals surface area contributed by atoms with Crippen molar-refractivity contribution in [2.24, 2.45) is 5.73 Å². The Morgan fingerprint density at radius 3 is 2.42 bits per heavy atom. The predicted molar refractivity (Wildman–Crippen MR) is 111 cm³/mol. The molecule has 1 heterocycles. The Kier molecular flexibility index (Phi) is 5.11. The lowest BCUT2D eigenvalue weighted by Gasteiger charge is -2.17. The summed E-state index contributed by atoms with van der Waals surface area (Å²) in [4.78, 5) is 28.4. The number of amides is 2. The van der Waals surface area contributed by atoms with Gasteiger partial charge in [0, 0.05) is 19.8 Å². The van der Waals surface area contributed by atoms with E-state index in [1.807, 2.05) is 43.3 Å². The van der Waals surface area contributed by atoms with Crippen molar-refractivity contribution in [3.8, 4) is 0 Å². The lowest BCUT2D eigenvalue weighted by Crippen LogP contribution is -2.30. The molecule has 0 saturated carbocycles. The monoisotopic (exact) mass is 383 g/mol. The highest BCUT2D eigenvalue weighted by atomic mass is 32.2. The second kappa shape index (κ2) is 7.31. The molecule has 3 rings (SSSR count). The summed E-state index contributed by atoms with van der Waals surface area (Å²) in [6.07, 6.45) is 1.80. The smallest absolute Gasteiger partial charge is 0.270 e. The van der Waals surface area contributed by atoms with Gasteiger partial charge in [0.15, 0.2) is 4.32 Å². The summed E-state index contributed by atoms with van der Waals surface area (Å²) in [5.41, 5.74) is 8.08. The lowest BCUT2D eigenvalue weighted by molar-refractivity contribution is -0.113. The Bertz CT molecular complexity index is 921. The van der Waals surface area contributed by atoms with Crippen molar-refractivity contribution in [3.63, 3.8) is 0 Å². The third-order valence-corrected chi connectivity index (χ3v) is 5.21. The fourth-order valence-corrected chi connectivity index (χ4v) is 3.86. The number of carbonyl (C=O) groups excluding carboxylic acids is 2. The molecule has 2 amide bonds.